The van der Waals surface area contributed by atoms with E-state index < -0.39 is 6.10 Å². The van der Waals surface area contributed by atoms with Crippen LogP contribution in [0.15, 0.2) is 47.2 Å². The molecule has 6 nitrogen and oxygen atoms in total. The highest BCUT2D eigenvalue weighted by molar-refractivity contribution is 5.59. The zero-order valence-corrected chi connectivity index (χ0v) is 15.5. The number of benzene rings is 1. The Kier molecular flexibility index (Phi) is 4.80. The van der Waals surface area contributed by atoms with Crippen LogP contribution in [0.25, 0.3) is 11.3 Å². The van der Waals surface area contributed by atoms with E-state index in [1.165, 1.54) is 0 Å². The fourth-order valence-electron chi connectivity index (χ4n) is 3.21. The normalized spacial score (nSPS) is 15.8. The molecule has 0 spiro atoms. The van der Waals surface area contributed by atoms with Gasteiger partial charge in [-0.15, -0.1) is 0 Å². The summed E-state index contributed by atoms with van der Waals surface area (Å²) in [5, 5.41) is 13.9. The Morgan fingerprint density at radius 3 is 2.78 bits per heavy atom. The minimum absolute atomic E-state index is 0.487. The maximum absolute atomic E-state index is 9.75. The molecule has 0 unspecified atom stereocenters. The van der Waals surface area contributed by atoms with Gasteiger partial charge < -0.3 is 19.1 Å². The van der Waals surface area contributed by atoms with E-state index in [9.17, 15) is 5.11 Å². The Balaban J connectivity index is 1.44. The third-order valence-electron chi connectivity index (χ3n) is 4.67. The first-order chi connectivity index (χ1) is 13.1. The van der Waals surface area contributed by atoms with Crippen molar-refractivity contribution >= 4 is 0 Å². The third-order valence-corrected chi connectivity index (χ3v) is 4.67. The first-order valence-corrected chi connectivity index (χ1v) is 9.03. The van der Waals surface area contributed by atoms with Crippen molar-refractivity contribution in [3.8, 4) is 23.2 Å². The zero-order chi connectivity index (χ0) is 18.8. The highest BCUT2D eigenvalue weighted by atomic mass is 16.5. The van der Waals surface area contributed by atoms with Crippen LogP contribution in [0.2, 0.25) is 0 Å². The Labute approximate surface area is 158 Å². The molecule has 1 fully saturated rings. The summed E-state index contributed by atoms with van der Waals surface area (Å²) in [6.45, 7) is 4.31. The lowest BCUT2D eigenvalue weighted by Crippen LogP contribution is -2.42. The van der Waals surface area contributed by atoms with Gasteiger partial charge in [0.1, 0.15) is 17.6 Å². The van der Waals surface area contributed by atoms with Crippen molar-refractivity contribution < 1.29 is 9.63 Å². The smallest absolute Gasteiger partial charge is 0.167 e. The first kappa shape index (κ1) is 17.5. The fourth-order valence-corrected chi connectivity index (χ4v) is 3.21. The second kappa shape index (κ2) is 7.39. The van der Waals surface area contributed by atoms with Crippen molar-refractivity contribution in [3.63, 3.8) is 0 Å². The molecule has 3 heterocycles. The predicted octanol–water partition coefficient (Wildman–Crippen LogP) is 2.55. The molecule has 1 aliphatic rings. The van der Waals surface area contributed by atoms with E-state index in [4.69, 9.17) is 4.52 Å². The van der Waals surface area contributed by atoms with Crippen molar-refractivity contribution in [2.45, 2.75) is 19.6 Å². The van der Waals surface area contributed by atoms with Gasteiger partial charge in [0.05, 0.1) is 6.54 Å². The van der Waals surface area contributed by atoms with E-state index in [1.54, 1.807) is 13.1 Å². The molecular formula is C21H22N4O2. The highest BCUT2D eigenvalue weighted by Crippen LogP contribution is 2.22. The molecule has 3 aromatic rings. The number of aliphatic hydroxyl groups excluding tert-OH is 1. The molecule has 27 heavy (non-hydrogen) atoms. The largest absolute Gasteiger partial charge is 0.385 e. The van der Waals surface area contributed by atoms with Crippen LogP contribution in [-0.2, 0) is 6.54 Å². The number of hydrogen-bond acceptors (Lipinski definition) is 5. The van der Waals surface area contributed by atoms with E-state index in [0.717, 1.165) is 29.9 Å². The van der Waals surface area contributed by atoms with Gasteiger partial charge in [0, 0.05) is 48.6 Å². The third kappa shape index (κ3) is 3.95. The van der Waals surface area contributed by atoms with Gasteiger partial charge in [0.2, 0.25) is 0 Å². The highest BCUT2D eigenvalue weighted by Gasteiger charge is 2.20. The molecule has 0 saturated carbocycles. The molecule has 0 radical (unpaired) electrons. The predicted molar refractivity (Wildman–Crippen MR) is 102 cm³/mol. The molecule has 1 atom stereocenters. The van der Waals surface area contributed by atoms with Gasteiger partial charge in [-0.3, -0.25) is 0 Å². The van der Waals surface area contributed by atoms with Crippen LogP contribution in [0.1, 0.15) is 30.1 Å². The summed E-state index contributed by atoms with van der Waals surface area (Å²) in [5.74, 6) is 8.36. The van der Waals surface area contributed by atoms with Crippen LogP contribution in [0.5, 0.6) is 0 Å². The number of imidazole rings is 1. The van der Waals surface area contributed by atoms with Crippen molar-refractivity contribution in [1.82, 2.24) is 19.6 Å². The molecule has 1 aliphatic heterocycles. The quantitative estimate of drug-likeness (QED) is 0.723. The number of rotatable bonds is 4. The number of nitrogens with zero attached hydrogens (tertiary/aromatic N) is 4. The Bertz CT molecular complexity index is 970. The Morgan fingerprint density at radius 2 is 2.07 bits per heavy atom. The van der Waals surface area contributed by atoms with Gasteiger partial charge in [-0.25, -0.2) is 4.98 Å². The maximum Gasteiger partial charge on any atom is 0.167 e. The van der Waals surface area contributed by atoms with Crippen LogP contribution >= 0.6 is 0 Å². The lowest BCUT2D eigenvalue weighted by atomic mass is 10.0. The number of likely N-dealkylation sites (tertiary alicyclic amines) is 1. The summed E-state index contributed by atoms with van der Waals surface area (Å²) >= 11 is 0. The fraction of sp³-hybridized carbons (Fsp3) is 0.333. The second-order valence-corrected chi connectivity index (χ2v) is 7.04. The van der Waals surface area contributed by atoms with Gasteiger partial charge in [-0.05, 0) is 38.2 Å². The van der Waals surface area contributed by atoms with E-state index in [-0.39, 0.29) is 0 Å². The zero-order valence-electron chi connectivity index (χ0n) is 15.5. The Morgan fingerprint density at radius 1 is 1.30 bits per heavy atom. The van der Waals surface area contributed by atoms with Crippen LogP contribution in [0.3, 0.4) is 0 Å². The molecule has 1 aromatic carbocycles. The van der Waals surface area contributed by atoms with E-state index in [1.807, 2.05) is 41.1 Å². The van der Waals surface area contributed by atoms with Gasteiger partial charge >= 0.3 is 0 Å². The topological polar surface area (TPSA) is 67.3 Å². The van der Waals surface area contributed by atoms with Crippen LogP contribution in [0, 0.1) is 17.8 Å². The number of aliphatic hydroxyl groups is 1. The number of hydrogen-bond donors (Lipinski definition) is 1. The monoisotopic (exact) mass is 362 g/mol. The molecule has 0 aliphatic carbocycles. The lowest BCUT2D eigenvalue weighted by Gasteiger charge is -2.32. The van der Waals surface area contributed by atoms with Crippen LogP contribution in [0.4, 0.5) is 0 Å². The molecule has 0 bridgehead atoms. The number of aromatic nitrogens is 3. The average molecular weight is 362 g/mol. The van der Waals surface area contributed by atoms with Crippen molar-refractivity contribution in [1.29, 1.82) is 0 Å². The van der Waals surface area contributed by atoms with Gasteiger partial charge in [-0.1, -0.05) is 17.0 Å². The average Bonchev–Trinajstić information content (AvgIpc) is 3.28. The summed E-state index contributed by atoms with van der Waals surface area (Å²) in [4.78, 5) is 6.43. The van der Waals surface area contributed by atoms with Gasteiger partial charge in [0.15, 0.2) is 5.76 Å². The van der Waals surface area contributed by atoms with Crippen LogP contribution < -0.4 is 0 Å². The Hall–Kier alpha value is -2.88. The molecule has 6 heteroatoms. The minimum Gasteiger partial charge on any atom is -0.385 e. The standard InChI is InChI=1S/C21H22N4O2/c1-15(26)21-22-9-10-25(21)14-19-11-20(27-23-19)18-7-5-16(6-8-18)3-4-17-12-24(2)13-17/h5-11,15,17,26H,12-14H2,1-2H3/t15-/m0/s1. The SMILES string of the molecule is C[C@H](O)c1nccn1Cc1cc(-c2ccc(C#CC3CN(C)C3)cc2)on1. The van der Waals surface area contributed by atoms with Crippen LogP contribution in [-0.4, -0.2) is 44.9 Å². The molecule has 0 amide bonds. The molecule has 1 saturated heterocycles. The van der Waals surface area contributed by atoms with Gasteiger partial charge in [0.25, 0.3) is 0 Å². The second-order valence-electron chi connectivity index (χ2n) is 7.04. The molecule has 4 rings (SSSR count). The van der Waals surface area contributed by atoms with Crippen molar-refractivity contribution in [2.24, 2.45) is 5.92 Å². The summed E-state index contributed by atoms with van der Waals surface area (Å²) < 4.78 is 7.35. The minimum atomic E-state index is -0.625. The van der Waals surface area contributed by atoms with Crippen molar-refractivity contribution in [3.05, 3.63) is 59.8 Å². The summed E-state index contributed by atoms with van der Waals surface area (Å²) in [7, 11) is 2.11. The van der Waals surface area contributed by atoms with E-state index in [2.05, 4.69) is 33.9 Å². The summed E-state index contributed by atoms with van der Waals surface area (Å²) in [5.41, 5.74) is 2.75. The summed E-state index contributed by atoms with van der Waals surface area (Å²) in [6.07, 6.45) is 2.87. The summed E-state index contributed by atoms with van der Waals surface area (Å²) in [6, 6.07) is 9.93. The van der Waals surface area contributed by atoms with Crippen molar-refractivity contribution in [2.75, 3.05) is 20.1 Å². The van der Waals surface area contributed by atoms with E-state index in [0.29, 0.717) is 24.0 Å². The maximum atomic E-state index is 9.75. The van der Waals surface area contributed by atoms with Gasteiger partial charge in [-0.2, -0.15) is 0 Å². The molecular weight excluding hydrogens is 340 g/mol. The molecule has 2 aromatic heterocycles. The molecule has 1 N–H and O–H groups in total. The molecule has 138 valence electrons. The van der Waals surface area contributed by atoms with E-state index >= 15 is 0 Å². The lowest BCUT2D eigenvalue weighted by molar-refractivity contribution is 0.177. The first-order valence-electron chi connectivity index (χ1n) is 9.03.